The lowest BCUT2D eigenvalue weighted by atomic mass is 9.85. The van der Waals surface area contributed by atoms with Gasteiger partial charge >= 0.3 is 5.97 Å². The van der Waals surface area contributed by atoms with E-state index in [1.807, 2.05) is 31.2 Å². The van der Waals surface area contributed by atoms with Gasteiger partial charge in [0.1, 0.15) is 0 Å². The van der Waals surface area contributed by atoms with Crippen molar-refractivity contribution < 1.29 is 14.3 Å². The van der Waals surface area contributed by atoms with Crippen LogP contribution in [0.4, 0.5) is 5.69 Å². The molecule has 1 aromatic carbocycles. The van der Waals surface area contributed by atoms with Crippen LogP contribution in [-0.2, 0) is 14.3 Å². The molecule has 0 spiro atoms. The van der Waals surface area contributed by atoms with Gasteiger partial charge in [-0.25, -0.2) is 0 Å². The summed E-state index contributed by atoms with van der Waals surface area (Å²) in [5.74, 6) is 0.193. The van der Waals surface area contributed by atoms with E-state index in [-0.39, 0.29) is 11.9 Å². The highest BCUT2D eigenvalue weighted by molar-refractivity contribution is 5.78. The molecule has 110 valence electrons. The molecule has 1 unspecified atom stereocenters. The van der Waals surface area contributed by atoms with Crippen LogP contribution in [-0.4, -0.2) is 25.8 Å². The first-order chi connectivity index (χ1) is 9.70. The van der Waals surface area contributed by atoms with Crippen LogP contribution in [0.2, 0.25) is 0 Å². The van der Waals surface area contributed by atoms with E-state index in [1.165, 1.54) is 0 Å². The number of ether oxygens (including phenoxy) is 2. The van der Waals surface area contributed by atoms with E-state index in [1.54, 1.807) is 0 Å². The highest BCUT2D eigenvalue weighted by Crippen LogP contribution is 2.30. The summed E-state index contributed by atoms with van der Waals surface area (Å²) < 4.78 is 10.6. The SMILES string of the molecule is CCOC(=O)C(CC1CCOCC1)c1ccc(N)cc1. The van der Waals surface area contributed by atoms with Crippen molar-refractivity contribution in [2.24, 2.45) is 5.92 Å². The number of esters is 1. The maximum atomic E-state index is 12.2. The van der Waals surface area contributed by atoms with E-state index in [0.29, 0.717) is 18.2 Å². The van der Waals surface area contributed by atoms with Gasteiger partial charge in [-0.15, -0.1) is 0 Å². The quantitative estimate of drug-likeness (QED) is 0.664. The lowest BCUT2D eigenvalue weighted by molar-refractivity contribution is -0.145. The maximum absolute atomic E-state index is 12.2. The van der Waals surface area contributed by atoms with Crippen molar-refractivity contribution in [2.75, 3.05) is 25.6 Å². The summed E-state index contributed by atoms with van der Waals surface area (Å²) in [5, 5.41) is 0. The predicted octanol–water partition coefficient (Wildman–Crippen LogP) is 2.73. The number of hydrogen-bond acceptors (Lipinski definition) is 4. The first-order valence-corrected chi connectivity index (χ1v) is 7.30. The van der Waals surface area contributed by atoms with Gasteiger partial charge in [-0.05, 0) is 49.8 Å². The molecule has 0 bridgehead atoms. The smallest absolute Gasteiger partial charge is 0.313 e. The molecule has 4 nitrogen and oxygen atoms in total. The predicted molar refractivity (Wildman–Crippen MR) is 78.4 cm³/mol. The largest absolute Gasteiger partial charge is 0.466 e. The Balaban J connectivity index is 2.10. The average Bonchev–Trinajstić information content (AvgIpc) is 2.47. The molecular weight excluding hydrogens is 254 g/mol. The molecule has 2 N–H and O–H groups in total. The van der Waals surface area contributed by atoms with Gasteiger partial charge in [0.05, 0.1) is 12.5 Å². The molecule has 1 atom stereocenters. The van der Waals surface area contributed by atoms with Crippen LogP contribution in [0.15, 0.2) is 24.3 Å². The number of benzene rings is 1. The molecule has 0 amide bonds. The second-order valence-electron chi connectivity index (χ2n) is 5.26. The summed E-state index contributed by atoms with van der Waals surface area (Å²) >= 11 is 0. The summed E-state index contributed by atoms with van der Waals surface area (Å²) in [5.41, 5.74) is 7.41. The van der Waals surface area contributed by atoms with Gasteiger partial charge in [0.15, 0.2) is 0 Å². The number of carbonyl (C=O) groups is 1. The summed E-state index contributed by atoms with van der Waals surface area (Å²) in [4.78, 5) is 12.2. The minimum absolute atomic E-state index is 0.135. The first-order valence-electron chi connectivity index (χ1n) is 7.30. The highest BCUT2D eigenvalue weighted by atomic mass is 16.5. The lowest BCUT2D eigenvalue weighted by Crippen LogP contribution is -2.23. The zero-order valence-corrected chi connectivity index (χ0v) is 12.0. The van der Waals surface area contributed by atoms with Gasteiger partial charge < -0.3 is 15.2 Å². The van der Waals surface area contributed by atoms with Crippen molar-refractivity contribution in [2.45, 2.75) is 32.1 Å². The fourth-order valence-electron chi connectivity index (χ4n) is 2.65. The van der Waals surface area contributed by atoms with Crippen LogP contribution < -0.4 is 5.73 Å². The summed E-state index contributed by atoms with van der Waals surface area (Å²) in [6, 6.07) is 7.53. The van der Waals surface area contributed by atoms with E-state index < -0.39 is 0 Å². The molecule has 4 heteroatoms. The van der Waals surface area contributed by atoms with Crippen LogP contribution in [0, 0.1) is 5.92 Å². The Morgan fingerprint density at radius 2 is 2.00 bits per heavy atom. The average molecular weight is 277 g/mol. The van der Waals surface area contributed by atoms with Gasteiger partial charge in [0.2, 0.25) is 0 Å². The van der Waals surface area contributed by atoms with Crippen LogP contribution >= 0.6 is 0 Å². The molecule has 0 radical (unpaired) electrons. The standard InChI is InChI=1S/C16H23NO3/c1-2-20-16(18)15(11-12-7-9-19-10-8-12)13-3-5-14(17)6-4-13/h3-6,12,15H,2,7-11,17H2,1H3. The van der Waals surface area contributed by atoms with Crippen molar-refractivity contribution in [3.8, 4) is 0 Å². The molecule has 1 aliphatic rings. The van der Waals surface area contributed by atoms with Crippen LogP contribution in [0.3, 0.4) is 0 Å². The summed E-state index contributed by atoms with van der Waals surface area (Å²) in [6.45, 7) is 3.84. The minimum Gasteiger partial charge on any atom is -0.466 e. The Morgan fingerprint density at radius 1 is 1.35 bits per heavy atom. The number of nitrogen functional groups attached to an aromatic ring is 1. The van der Waals surface area contributed by atoms with E-state index >= 15 is 0 Å². The summed E-state index contributed by atoms with van der Waals surface area (Å²) in [7, 11) is 0. The molecule has 1 heterocycles. The third-order valence-corrected chi connectivity index (χ3v) is 3.82. The van der Waals surface area contributed by atoms with E-state index in [0.717, 1.165) is 38.0 Å². The Bertz CT molecular complexity index is 424. The zero-order valence-electron chi connectivity index (χ0n) is 12.0. The topological polar surface area (TPSA) is 61.5 Å². The van der Waals surface area contributed by atoms with Crippen molar-refractivity contribution >= 4 is 11.7 Å². The third kappa shape index (κ3) is 3.97. The fraction of sp³-hybridized carbons (Fsp3) is 0.562. The molecule has 1 aromatic rings. The number of rotatable bonds is 5. The normalized spacial score (nSPS) is 17.6. The number of carbonyl (C=O) groups excluding carboxylic acids is 1. The molecule has 0 saturated carbocycles. The molecule has 0 aliphatic carbocycles. The molecule has 1 fully saturated rings. The van der Waals surface area contributed by atoms with E-state index in [4.69, 9.17) is 15.2 Å². The van der Waals surface area contributed by atoms with Crippen LogP contribution in [0.1, 0.15) is 37.7 Å². The van der Waals surface area contributed by atoms with Crippen molar-refractivity contribution in [3.05, 3.63) is 29.8 Å². The van der Waals surface area contributed by atoms with E-state index in [9.17, 15) is 4.79 Å². The van der Waals surface area contributed by atoms with Crippen LogP contribution in [0.5, 0.6) is 0 Å². The number of nitrogens with two attached hydrogens (primary N) is 1. The highest BCUT2D eigenvalue weighted by Gasteiger charge is 2.27. The van der Waals surface area contributed by atoms with Gasteiger partial charge in [-0.3, -0.25) is 4.79 Å². The number of anilines is 1. The van der Waals surface area contributed by atoms with Crippen molar-refractivity contribution in [3.63, 3.8) is 0 Å². The minimum atomic E-state index is -0.196. The van der Waals surface area contributed by atoms with E-state index in [2.05, 4.69) is 0 Å². The maximum Gasteiger partial charge on any atom is 0.313 e. The molecule has 1 saturated heterocycles. The van der Waals surface area contributed by atoms with Crippen molar-refractivity contribution in [1.29, 1.82) is 0 Å². The number of hydrogen-bond donors (Lipinski definition) is 1. The van der Waals surface area contributed by atoms with Crippen LogP contribution in [0.25, 0.3) is 0 Å². The zero-order chi connectivity index (χ0) is 14.4. The Labute approximate surface area is 120 Å². The van der Waals surface area contributed by atoms with Gasteiger partial charge in [0, 0.05) is 18.9 Å². The molecule has 0 aromatic heterocycles. The van der Waals surface area contributed by atoms with Gasteiger partial charge in [-0.1, -0.05) is 12.1 Å². The monoisotopic (exact) mass is 277 g/mol. The second kappa shape index (κ2) is 7.29. The first kappa shape index (κ1) is 14.9. The molecular formula is C16H23NO3. The second-order valence-corrected chi connectivity index (χ2v) is 5.26. The molecule has 2 rings (SSSR count). The Morgan fingerprint density at radius 3 is 2.60 bits per heavy atom. The molecule has 1 aliphatic heterocycles. The van der Waals surface area contributed by atoms with Gasteiger partial charge in [-0.2, -0.15) is 0 Å². The summed E-state index contributed by atoms with van der Waals surface area (Å²) in [6.07, 6.45) is 2.86. The Hall–Kier alpha value is -1.55. The lowest BCUT2D eigenvalue weighted by Gasteiger charge is -2.26. The Kier molecular flexibility index (Phi) is 5.41. The van der Waals surface area contributed by atoms with Gasteiger partial charge in [0.25, 0.3) is 0 Å². The fourth-order valence-corrected chi connectivity index (χ4v) is 2.65. The van der Waals surface area contributed by atoms with Crippen molar-refractivity contribution in [1.82, 2.24) is 0 Å². The third-order valence-electron chi connectivity index (χ3n) is 3.82. The molecule has 20 heavy (non-hydrogen) atoms.